The Morgan fingerprint density at radius 3 is 2.68 bits per heavy atom. The van der Waals surface area contributed by atoms with Gasteiger partial charge in [0.05, 0.1) is 0 Å². The molecule has 0 amide bonds. The van der Waals surface area contributed by atoms with Gasteiger partial charge in [0.25, 0.3) is 0 Å². The average molecular weight is 434 g/mol. The number of hydrogen-bond acceptors (Lipinski definition) is 4. The van der Waals surface area contributed by atoms with Crippen molar-refractivity contribution in [3.8, 4) is 16.9 Å². The molecule has 1 N–H and O–H groups in total. The second kappa shape index (κ2) is 8.79. The molecule has 31 heavy (non-hydrogen) atoms. The van der Waals surface area contributed by atoms with Gasteiger partial charge in [-0.15, -0.1) is 11.3 Å². The molecule has 5 rings (SSSR count). The van der Waals surface area contributed by atoms with Gasteiger partial charge in [0.2, 0.25) is 0 Å². The number of ether oxygens (including phenoxy) is 1. The minimum absolute atomic E-state index is 0.211. The second-order valence-electron chi connectivity index (χ2n) is 8.03. The van der Waals surface area contributed by atoms with Gasteiger partial charge in [0.1, 0.15) is 24.3 Å². The molecule has 2 heterocycles. The Morgan fingerprint density at radius 2 is 1.84 bits per heavy atom. The molecule has 1 atom stereocenters. The minimum atomic E-state index is -0.541. The highest BCUT2D eigenvalue weighted by Crippen LogP contribution is 2.35. The molecule has 0 spiro atoms. The van der Waals surface area contributed by atoms with Crippen molar-refractivity contribution in [2.75, 3.05) is 19.7 Å². The summed E-state index contributed by atoms with van der Waals surface area (Å²) in [6, 6.07) is 21.3. The third kappa shape index (κ3) is 4.49. The summed E-state index contributed by atoms with van der Waals surface area (Å²) in [6.45, 7) is 2.70. The van der Waals surface area contributed by atoms with E-state index in [0.29, 0.717) is 6.54 Å². The average Bonchev–Trinajstić information content (AvgIpc) is 3.21. The molecule has 3 aromatic carbocycles. The number of rotatable bonds is 6. The predicted molar refractivity (Wildman–Crippen MR) is 124 cm³/mol. The first-order valence-corrected chi connectivity index (χ1v) is 11.4. The maximum atomic E-state index is 13.4. The Morgan fingerprint density at radius 1 is 1.03 bits per heavy atom. The third-order valence-electron chi connectivity index (χ3n) is 5.82. The van der Waals surface area contributed by atoms with E-state index in [0.717, 1.165) is 46.5 Å². The van der Waals surface area contributed by atoms with Crippen molar-refractivity contribution in [2.45, 2.75) is 19.1 Å². The van der Waals surface area contributed by atoms with Crippen molar-refractivity contribution in [1.29, 1.82) is 0 Å². The van der Waals surface area contributed by atoms with E-state index in [1.54, 1.807) is 17.4 Å². The largest absolute Gasteiger partial charge is 0.491 e. The highest BCUT2D eigenvalue weighted by molar-refractivity contribution is 7.17. The van der Waals surface area contributed by atoms with E-state index in [4.69, 9.17) is 4.74 Å². The summed E-state index contributed by atoms with van der Waals surface area (Å²) in [4.78, 5) is 2.28. The molecule has 5 heteroatoms. The number of thiophene rings is 1. The number of fused-ring (bicyclic) bond motifs is 2. The molecule has 3 nitrogen and oxygen atoms in total. The van der Waals surface area contributed by atoms with E-state index in [1.165, 1.54) is 17.2 Å². The Bertz CT molecular complexity index is 1190. The minimum Gasteiger partial charge on any atom is -0.491 e. The topological polar surface area (TPSA) is 32.7 Å². The van der Waals surface area contributed by atoms with E-state index in [2.05, 4.69) is 34.5 Å². The zero-order valence-corrected chi connectivity index (χ0v) is 17.9. The fraction of sp³-hybridized carbons (Fsp3) is 0.231. The van der Waals surface area contributed by atoms with Gasteiger partial charge in [0, 0.05) is 35.3 Å². The normalized spacial score (nSPS) is 15.0. The van der Waals surface area contributed by atoms with E-state index in [9.17, 15) is 9.50 Å². The van der Waals surface area contributed by atoms with Gasteiger partial charge < -0.3 is 9.84 Å². The van der Waals surface area contributed by atoms with Gasteiger partial charge in [-0.1, -0.05) is 42.5 Å². The van der Waals surface area contributed by atoms with Crippen LogP contribution in [-0.2, 0) is 13.0 Å². The summed E-state index contributed by atoms with van der Waals surface area (Å²) in [5, 5.41) is 13.6. The van der Waals surface area contributed by atoms with Gasteiger partial charge in [-0.2, -0.15) is 0 Å². The molecule has 0 aliphatic carbocycles. The van der Waals surface area contributed by atoms with E-state index in [-0.39, 0.29) is 12.4 Å². The highest BCUT2D eigenvalue weighted by atomic mass is 32.1. The number of halogens is 1. The summed E-state index contributed by atoms with van der Waals surface area (Å²) in [7, 11) is 0. The van der Waals surface area contributed by atoms with Crippen LogP contribution in [0, 0.1) is 5.82 Å². The zero-order chi connectivity index (χ0) is 21.2. The van der Waals surface area contributed by atoms with E-state index < -0.39 is 6.10 Å². The Balaban J connectivity index is 1.17. The van der Waals surface area contributed by atoms with Crippen LogP contribution in [0.5, 0.6) is 5.75 Å². The molecule has 4 aromatic rings. The van der Waals surface area contributed by atoms with Gasteiger partial charge in [-0.25, -0.2) is 4.39 Å². The fourth-order valence-corrected chi connectivity index (χ4v) is 5.20. The Hall–Kier alpha value is -2.73. The third-order valence-corrected chi connectivity index (χ3v) is 6.77. The summed E-state index contributed by atoms with van der Waals surface area (Å²) >= 11 is 1.54. The quantitative estimate of drug-likeness (QED) is 0.436. The number of hydrogen-bond donors (Lipinski definition) is 1. The maximum absolute atomic E-state index is 13.4. The molecular weight excluding hydrogens is 409 g/mol. The first-order valence-electron chi connectivity index (χ1n) is 10.5. The van der Waals surface area contributed by atoms with E-state index in [1.807, 2.05) is 30.3 Å². The molecule has 1 aliphatic heterocycles. The standard InChI is InChI=1S/C26H24FNO2S/c27-21-7-10-24-25(17-31-26(24)13-21)19-5-8-23(9-6-19)30-16-22(29)15-28-12-11-18-3-1-2-4-20(18)14-28/h1-10,13,17,22,29H,11-12,14-16H2/t22-/m1/s1. The molecule has 0 bridgehead atoms. The lowest BCUT2D eigenvalue weighted by atomic mass is 10.00. The Labute approximate surface area is 185 Å². The van der Waals surface area contributed by atoms with Crippen LogP contribution in [0.15, 0.2) is 72.1 Å². The first-order chi connectivity index (χ1) is 15.2. The number of β-amino-alcohol motifs (C(OH)–C–C–N with tert-alkyl or cyclic N) is 1. The van der Waals surface area contributed by atoms with Crippen molar-refractivity contribution in [3.05, 3.63) is 89.1 Å². The summed E-state index contributed by atoms with van der Waals surface area (Å²) in [6.07, 6.45) is 0.482. The highest BCUT2D eigenvalue weighted by Gasteiger charge is 2.18. The van der Waals surface area contributed by atoms with Gasteiger partial charge in [0.15, 0.2) is 0 Å². The van der Waals surface area contributed by atoms with Crippen molar-refractivity contribution in [2.24, 2.45) is 0 Å². The van der Waals surface area contributed by atoms with Crippen LogP contribution < -0.4 is 4.74 Å². The van der Waals surface area contributed by atoms with Crippen molar-refractivity contribution in [3.63, 3.8) is 0 Å². The molecule has 0 unspecified atom stereocenters. The van der Waals surface area contributed by atoms with Crippen LogP contribution in [0.1, 0.15) is 11.1 Å². The van der Waals surface area contributed by atoms with Gasteiger partial charge in [-0.3, -0.25) is 4.90 Å². The van der Waals surface area contributed by atoms with Crippen molar-refractivity contribution in [1.82, 2.24) is 4.90 Å². The summed E-state index contributed by atoms with van der Waals surface area (Å²) in [5.41, 5.74) is 4.92. The zero-order valence-electron chi connectivity index (χ0n) is 17.1. The van der Waals surface area contributed by atoms with Crippen LogP contribution >= 0.6 is 11.3 Å². The molecule has 158 valence electrons. The van der Waals surface area contributed by atoms with Crippen molar-refractivity contribution < 1.29 is 14.2 Å². The fourth-order valence-electron chi connectivity index (χ4n) is 4.21. The SMILES string of the molecule is O[C@@H](COc1ccc(-c2csc3cc(F)ccc23)cc1)CN1CCc2ccccc2C1. The Kier molecular flexibility index (Phi) is 5.72. The van der Waals surface area contributed by atoms with Crippen LogP contribution in [0.25, 0.3) is 21.2 Å². The molecule has 0 fully saturated rings. The second-order valence-corrected chi connectivity index (χ2v) is 8.94. The monoisotopic (exact) mass is 433 g/mol. The molecular formula is C26H24FNO2S. The molecule has 0 radical (unpaired) electrons. The van der Waals surface area contributed by atoms with Crippen LogP contribution in [0.3, 0.4) is 0 Å². The summed E-state index contributed by atoms with van der Waals surface area (Å²) in [5.74, 6) is 0.523. The lowest BCUT2D eigenvalue weighted by molar-refractivity contribution is 0.0638. The van der Waals surface area contributed by atoms with E-state index >= 15 is 0 Å². The lowest BCUT2D eigenvalue weighted by Crippen LogP contribution is -2.38. The van der Waals surface area contributed by atoms with Crippen molar-refractivity contribution >= 4 is 21.4 Å². The van der Waals surface area contributed by atoms with Crippen LogP contribution in [-0.4, -0.2) is 35.8 Å². The number of benzene rings is 3. The first kappa shape index (κ1) is 20.2. The predicted octanol–water partition coefficient (Wildman–Crippen LogP) is 5.51. The smallest absolute Gasteiger partial charge is 0.124 e. The molecule has 0 saturated carbocycles. The maximum Gasteiger partial charge on any atom is 0.124 e. The molecule has 1 aromatic heterocycles. The number of aliphatic hydroxyl groups is 1. The summed E-state index contributed by atoms with van der Waals surface area (Å²) < 4.78 is 20.2. The van der Waals surface area contributed by atoms with Crippen LogP contribution in [0.2, 0.25) is 0 Å². The lowest BCUT2D eigenvalue weighted by Gasteiger charge is -2.30. The van der Waals surface area contributed by atoms with Gasteiger partial charge >= 0.3 is 0 Å². The number of aliphatic hydroxyl groups excluding tert-OH is 1. The number of nitrogens with zero attached hydrogens (tertiary/aromatic N) is 1. The van der Waals surface area contributed by atoms with Gasteiger partial charge in [-0.05, 0) is 52.8 Å². The molecule has 0 saturated heterocycles. The molecule has 1 aliphatic rings. The van der Waals surface area contributed by atoms with Crippen LogP contribution in [0.4, 0.5) is 4.39 Å².